The van der Waals surface area contributed by atoms with Crippen LogP contribution in [0, 0.1) is 5.92 Å². The van der Waals surface area contributed by atoms with Gasteiger partial charge in [-0.2, -0.15) is 0 Å². The number of nitrogens with zero attached hydrogens (tertiary/aromatic N) is 2. The van der Waals surface area contributed by atoms with Crippen molar-refractivity contribution in [2.45, 2.75) is 44.7 Å². The standard InChI is InChI=1S/C20H23N3O3/c24-19-10-15(13-23(19)16-8-4-5-9-16)20(25)22-12-18-21-11-17(26-18)14-6-2-1-3-7-14/h1-3,6-7,11,15-16H,4-5,8-10,12-13H2,(H,22,25). The van der Waals surface area contributed by atoms with Crippen LogP contribution in [0.5, 0.6) is 0 Å². The van der Waals surface area contributed by atoms with Gasteiger partial charge in [-0.05, 0) is 12.8 Å². The summed E-state index contributed by atoms with van der Waals surface area (Å²) in [6.45, 7) is 0.774. The fraction of sp³-hybridized carbons (Fsp3) is 0.450. The van der Waals surface area contributed by atoms with E-state index in [1.54, 1.807) is 6.20 Å². The third kappa shape index (κ3) is 3.49. The predicted octanol–water partition coefficient (Wildman–Crippen LogP) is 2.75. The molecule has 6 nitrogen and oxygen atoms in total. The van der Waals surface area contributed by atoms with Gasteiger partial charge in [0, 0.05) is 24.6 Å². The fourth-order valence-corrected chi connectivity index (χ4v) is 3.91. The van der Waals surface area contributed by atoms with Crippen LogP contribution >= 0.6 is 0 Å². The Labute approximate surface area is 152 Å². The van der Waals surface area contributed by atoms with Crippen molar-refractivity contribution in [2.24, 2.45) is 5.92 Å². The number of rotatable bonds is 5. The minimum absolute atomic E-state index is 0.0988. The summed E-state index contributed by atoms with van der Waals surface area (Å²) in [5.41, 5.74) is 0.950. The second-order valence-corrected chi connectivity index (χ2v) is 7.09. The number of hydrogen-bond acceptors (Lipinski definition) is 4. The van der Waals surface area contributed by atoms with Crippen molar-refractivity contribution in [2.75, 3.05) is 6.54 Å². The predicted molar refractivity (Wildman–Crippen MR) is 95.9 cm³/mol. The van der Waals surface area contributed by atoms with Gasteiger partial charge in [0.15, 0.2) is 5.76 Å². The minimum atomic E-state index is -0.272. The number of nitrogens with one attached hydrogen (secondary N) is 1. The molecule has 2 fully saturated rings. The Kier molecular flexibility index (Phi) is 4.73. The van der Waals surface area contributed by atoms with E-state index >= 15 is 0 Å². The molecule has 2 aromatic rings. The largest absolute Gasteiger partial charge is 0.439 e. The molecule has 1 N–H and O–H groups in total. The summed E-state index contributed by atoms with van der Waals surface area (Å²) in [7, 11) is 0. The zero-order chi connectivity index (χ0) is 17.9. The maximum absolute atomic E-state index is 12.4. The quantitative estimate of drug-likeness (QED) is 0.897. The zero-order valence-corrected chi connectivity index (χ0v) is 14.7. The highest BCUT2D eigenvalue weighted by molar-refractivity contribution is 5.89. The highest BCUT2D eigenvalue weighted by atomic mass is 16.4. The van der Waals surface area contributed by atoms with Crippen molar-refractivity contribution in [3.63, 3.8) is 0 Å². The van der Waals surface area contributed by atoms with Crippen LogP contribution in [0.3, 0.4) is 0 Å². The van der Waals surface area contributed by atoms with Crippen LogP contribution in [0.4, 0.5) is 0 Å². The Balaban J connectivity index is 1.32. The Morgan fingerprint density at radius 2 is 2.00 bits per heavy atom. The van der Waals surface area contributed by atoms with Crippen molar-refractivity contribution >= 4 is 11.8 Å². The van der Waals surface area contributed by atoms with Gasteiger partial charge in [0.2, 0.25) is 17.7 Å². The van der Waals surface area contributed by atoms with Gasteiger partial charge < -0.3 is 14.6 Å². The molecule has 6 heteroatoms. The Morgan fingerprint density at radius 3 is 2.77 bits per heavy atom. The first kappa shape index (κ1) is 16.8. The molecule has 1 atom stereocenters. The lowest BCUT2D eigenvalue weighted by molar-refractivity contribution is -0.130. The van der Waals surface area contributed by atoms with Crippen LogP contribution < -0.4 is 5.32 Å². The Hall–Kier alpha value is -2.63. The topological polar surface area (TPSA) is 75.4 Å². The number of oxazole rings is 1. The van der Waals surface area contributed by atoms with E-state index in [9.17, 15) is 9.59 Å². The second kappa shape index (κ2) is 7.32. The maximum Gasteiger partial charge on any atom is 0.225 e. The normalized spacial score (nSPS) is 20.7. The molecule has 2 amide bonds. The summed E-state index contributed by atoms with van der Waals surface area (Å²) in [6.07, 6.45) is 6.47. The summed E-state index contributed by atoms with van der Waals surface area (Å²) in [6, 6.07) is 10.0. The molecule has 136 valence electrons. The van der Waals surface area contributed by atoms with Crippen molar-refractivity contribution in [1.29, 1.82) is 0 Å². The van der Waals surface area contributed by atoms with Crippen LogP contribution in [-0.4, -0.2) is 34.3 Å². The van der Waals surface area contributed by atoms with Crippen LogP contribution in [0.2, 0.25) is 0 Å². The number of benzene rings is 1. The maximum atomic E-state index is 12.4. The van der Waals surface area contributed by atoms with Crippen LogP contribution in [0.25, 0.3) is 11.3 Å². The molecule has 4 rings (SSSR count). The number of amides is 2. The first-order valence-electron chi connectivity index (χ1n) is 9.28. The first-order chi connectivity index (χ1) is 12.7. The molecule has 26 heavy (non-hydrogen) atoms. The molecule has 1 saturated heterocycles. The van der Waals surface area contributed by atoms with Gasteiger partial charge in [-0.15, -0.1) is 0 Å². The van der Waals surface area contributed by atoms with Crippen LogP contribution in [0.1, 0.15) is 38.0 Å². The smallest absolute Gasteiger partial charge is 0.225 e. The fourth-order valence-electron chi connectivity index (χ4n) is 3.91. The summed E-state index contributed by atoms with van der Waals surface area (Å²) in [5.74, 6) is 0.886. The van der Waals surface area contributed by atoms with Crippen molar-refractivity contribution < 1.29 is 14.0 Å². The lowest BCUT2D eigenvalue weighted by Gasteiger charge is -2.23. The van der Waals surface area contributed by atoms with Crippen molar-refractivity contribution in [3.8, 4) is 11.3 Å². The van der Waals surface area contributed by atoms with Gasteiger partial charge in [-0.25, -0.2) is 4.98 Å². The van der Waals surface area contributed by atoms with Gasteiger partial charge in [0.25, 0.3) is 0 Å². The average molecular weight is 353 g/mol. The molecule has 1 aromatic heterocycles. The highest BCUT2D eigenvalue weighted by Crippen LogP contribution is 2.29. The zero-order valence-electron chi connectivity index (χ0n) is 14.7. The molecule has 1 aromatic carbocycles. The number of aromatic nitrogens is 1. The van der Waals surface area contributed by atoms with Crippen LogP contribution in [-0.2, 0) is 16.1 Å². The third-order valence-corrected chi connectivity index (χ3v) is 5.32. The minimum Gasteiger partial charge on any atom is -0.439 e. The molecule has 2 aliphatic rings. The summed E-state index contributed by atoms with van der Waals surface area (Å²) >= 11 is 0. The van der Waals surface area contributed by atoms with E-state index < -0.39 is 0 Å². The molecule has 1 aliphatic carbocycles. The van der Waals surface area contributed by atoms with E-state index in [4.69, 9.17) is 4.42 Å². The van der Waals surface area contributed by atoms with E-state index in [2.05, 4.69) is 10.3 Å². The van der Waals surface area contributed by atoms with E-state index in [0.717, 1.165) is 18.4 Å². The summed E-state index contributed by atoms with van der Waals surface area (Å²) in [5, 5.41) is 2.86. The molecule has 1 saturated carbocycles. The lowest BCUT2D eigenvalue weighted by atomic mass is 10.1. The molecule has 1 unspecified atom stereocenters. The molecule has 0 radical (unpaired) electrons. The second-order valence-electron chi connectivity index (χ2n) is 7.09. The van der Waals surface area contributed by atoms with E-state index in [1.807, 2.05) is 35.2 Å². The van der Waals surface area contributed by atoms with E-state index in [-0.39, 0.29) is 24.3 Å². The number of carbonyl (C=O) groups excluding carboxylic acids is 2. The van der Waals surface area contributed by atoms with Crippen molar-refractivity contribution in [3.05, 3.63) is 42.4 Å². The van der Waals surface area contributed by atoms with Gasteiger partial charge in [-0.1, -0.05) is 43.2 Å². The molecule has 1 aliphatic heterocycles. The van der Waals surface area contributed by atoms with Gasteiger partial charge in [0.05, 0.1) is 18.7 Å². The Bertz CT molecular complexity index is 781. The molecular formula is C20H23N3O3. The van der Waals surface area contributed by atoms with Gasteiger partial charge in [-0.3, -0.25) is 9.59 Å². The monoisotopic (exact) mass is 353 g/mol. The third-order valence-electron chi connectivity index (χ3n) is 5.32. The lowest BCUT2D eigenvalue weighted by Crippen LogP contribution is -2.36. The molecule has 2 heterocycles. The summed E-state index contributed by atoms with van der Waals surface area (Å²) < 4.78 is 5.70. The molecule has 0 spiro atoms. The molecular weight excluding hydrogens is 330 g/mol. The number of carbonyl (C=O) groups is 2. The van der Waals surface area contributed by atoms with E-state index in [0.29, 0.717) is 30.7 Å². The SMILES string of the molecule is O=C(NCc1ncc(-c2ccccc2)o1)C1CC(=O)N(C2CCCC2)C1. The molecule has 0 bridgehead atoms. The van der Waals surface area contributed by atoms with Gasteiger partial charge >= 0.3 is 0 Å². The Morgan fingerprint density at radius 1 is 1.23 bits per heavy atom. The average Bonchev–Trinajstić information content (AvgIpc) is 3.41. The van der Waals surface area contributed by atoms with E-state index in [1.165, 1.54) is 12.8 Å². The van der Waals surface area contributed by atoms with Crippen LogP contribution in [0.15, 0.2) is 40.9 Å². The van der Waals surface area contributed by atoms with Crippen molar-refractivity contribution in [1.82, 2.24) is 15.2 Å². The number of hydrogen-bond donors (Lipinski definition) is 1. The summed E-state index contributed by atoms with van der Waals surface area (Å²) in [4.78, 5) is 30.8. The number of likely N-dealkylation sites (tertiary alicyclic amines) is 1. The highest BCUT2D eigenvalue weighted by Gasteiger charge is 2.38. The van der Waals surface area contributed by atoms with Gasteiger partial charge in [0.1, 0.15) is 0 Å². The first-order valence-corrected chi connectivity index (χ1v) is 9.28.